The number of rotatable bonds is 2. The highest BCUT2D eigenvalue weighted by atomic mass is 15.4. The maximum Gasteiger partial charge on any atom is 0.283 e. The summed E-state index contributed by atoms with van der Waals surface area (Å²) in [7, 11) is 6.14. The minimum atomic E-state index is -2.24. The number of imidazole rings is 2. The molecule has 0 saturated carbocycles. The summed E-state index contributed by atoms with van der Waals surface area (Å²) in [5.41, 5.74) is 6.21. The summed E-state index contributed by atoms with van der Waals surface area (Å²) >= 11 is 0. The molecular weight excluding hydrogens is 372 g/mol. The van der Waals surface area contributed by atoms with Gasteiger partial charge in [-0.3, -0.25) is 4.40 Å². The molecule has 3 aromatic heterocycles. The Morgan fingerprint density at radius 3 is 2.43 bits per heavy atom. The van der Waals surface area contributed by atoms with Gasteiger partial charge in [-0.15, -0.1) is 0 Å². The van der Waals surface area contributed by atoms with Gasteiger partial charge in [0.05, 0.1) is 24.1 Å². The second-order valence-corrected chi connectivity index (χ2v) is 8.10. The van der Waals surface area contributed by atoms with Crippen molar-refractivity contribution in [3.8, 4) is 11.4 Å². The van der Waals surface area contributed by atoms with Crippen molar-refractivity contribution in [3.05, 3.63) is 59.5 Å². The van der Waals surface area contributed by atoms with Gasteiger partial charge in [-0.05, 0) is 51.9 Å². The van der Waals surface area contributed by atoms with Crippen LogP contribution in [-0.4, -0.2) is 27.2 Å². The highest BCUT2D eigenvalue weighted by Gasteiger charge is 2.39. The predicted molar refractivity (Wildman–Crippen MR) is 121 cm³/mol. The molecule has 154 valence electrons. The second-order valence-electron chi connectivity index (χ2n) is 8.10. The normalized spacial score (nSPS) is 17.9. The lowest BCUT2D eigenvalue weighted by molar-refractivity contribution is -0.647. The first-order valence-corrected chi connectivity index (χ1v) is 10.2. The Morgan fingerprint density at radius 1 is 1.00 bits per heavy atom. The van der Waals surface area contributed by atoms with Gasteiger partial charge in [0.2, 0.25) is 5.78 Å². The third-order valence-corrected chi connectivity index (χ3v) is 6.55. The number of para-hydroxylation sites is 2. The van der Waals surface area contributed by atoms with Crippen molar-refractivity contribution in [3.63, 3.8) is 0 Å². The number of fused-ring (bicyclic) bond motifs is 2. The van der Waals surface area contributed by atoms with Crippen LogP contribution in [0.5, 0.6) is 0 Å². The van der Waals surface area contributed by atoms with E-state index in [1.807, 2.05) is 29.9 Å². The summed E-state index contributed by atoms with van der Waals surface area (Å²) < 4.78 is 29.6. The first-order chi connectivity index (χ1) is 15.5. The van der Waals surface area contributed by atoms with Gasteiger partial charge >= 0.3 is 0 Å². The lowest BCUT2D eigenvalue weighted by Gasteiger charge is -2.22. The van der Waals surface area contributed by atoms with Crippen LogP contribution in [0.2, 0.25) is 0 Å². The number of hydrogen-bond donors (Lipinski definition) is 0. The SMILES string of the molecule is [2H]C([2H])([2H])c1nc2n(C)c(-c3cccc(N4c5ccccc5N(C)[C@@H]4C)[n+]3C)c(C)n2c1C. The Hall–Kier alpha value is -3.28. The van der Waals surface area contributed by atoms with Crippen LogP contribution >= 0.6 is 0 Å². The van der Waals surface area contributed by atoms with E-state index in [9.17, 15) is 0 Å². The smallest absolute Gasteiger partial charge is 0.283 e. The van der Waals surface area contributed by atoms with Crippen LogP contribution in [-0.2, 0) is 14.1 Å². The molecular formula is C24H29N6+. The van der Waals surface area contributed by atoms with Gasteiger partial charge < -0.3 is 9.47 Å². The van der Waals surface area contributed by atoms with Crippen molar-refractivity contribution >= 4 is 23.0 Å². The first-order valence-electron chi connectivity index (χ1n) is 11.7. The number of benzene rings is 1. The van der Waals surface area contributed by atoms with Crippen molar-refractivity contribution in [2.45, 2.75) is 33.8 Å². The van der Waals surface area contributed by atoms with E-state index in [2.05, 4.69) is 82.8 Å². The Balaban J connectivity index is 1.70. The zero-order valence-electron chi connectivity index (χ0n) is 21.3. The van der Waals surface area contributed by atoms with E-state index in [0.29, 0.717) is 11.5 Å². The molecule has 1 aliphatic rings. The van der Waals surface area contributed by atoms with Crippen molar-refractivity contribution in [1.82, 2.24) is 14.0 Å². The molecule has 5 rings (SSSR count). The van der Waals surface area contributed by atoms with E-state index >= 15 is 0 Å². The Morgan fingerprint density at radius 2 is 1.73 bits per heavy atom. The summed E-state index contributed by atoms with van der Waals surface area (Å²) in [4.78, 5) is 9.14. The van der Waals surface area contributed by atoms with Crippen molar-refractivity contribution in [2.75, 3.05) is 16.8 Å². The summed E-state index contributed by atoms with van der Waals surface area (Å²) in [6, 6.07) is 14.8. The molecule has 4 heterocycles. The van der Waals surface area contributed by atoms with Gasteiger partial charge in [-0.25, -0.2) is 14.5 Å². The summed E-state index contributed by atoms with van der Waals surface area (Å²) in [6.07, 6.45) is 0.166. The maximum absolute atomic E-state index is 7.83. The third kappa shape index (κ3) is 2.30. The van der Waals surface area contributed by atoms with Crippen LogP contribution < -0.4 is 14.4 Å². The fourth-order valence-corrected chi connectivity index (χ4v) is 4.83. The molecule has 0 spiro atoms. The highest BCUT2D eigenvalue weighted by Crippen LogP contribution is 2.42. The van der Waals surface area contributed by atoms with Gasteiger partial charge in [0, 0.05) is 30.0 Å². The van der Waals surface area contributed by atoms with Crippen LogP contribution in [0.15, 0.2) is 42.5 Å². The van der Waals surface area contributed by atoms with Crippen LogP contribution in [0, 0.1) is 20.7 Å². The number of anilines is 3. The van der Waals surface area contributed by atoms with E-state index in [1.54, 1.807) is 0 Å². The number of pyridine rings is 1. The molecule has 0 aliphatic carbocycles. The predicted octanol–water partition coefficient (Wildman–Crippen LogP) is 4.02. The molecule has 0 radical (unpaired) electrons. The quantitative estimate of drug-likeness (QED) is 0.473. The van der Waals surface area contributed by atoms with E-state index in [-0.39, 0.29) is 11.9 Å². The van der Waals surface area contributed by atoms with E-state index in [1.165, 1.54) is 11.4 Å². The molecule has 0 bridgehead atoms. The monoisotopic (exact) mass is 404 g/mol. The molecule has 0 N–H and O–H groups in total. The van der Waals surface area contributed by atoms with Crippen LogP contribution in [0.4, 0.5) is 17.2 Å². The van der Waals surface area contributed by atoms with Crippen LogP contribution in [0.1, 0.15) is 28.1 Å². The molecule has 0 unspecified atom stereocenters. The van der Waals surface area contributed by atoms with Gasteiger partial charge in [0.15, 0.2) is 17.5 Å². The topological polar surface area (TPSA) is 32.6 Å². The minimum absolute atomic E-state index is 0.159. The molecule has 1 aromatic carbocycles. The Labute approximate surface area is 181 Å². The van der Waals surface area contributed by atoms with E-state index in [4.69, 9.17) is 4.11 Å². The highest BCUT2D eigenvalue weighted by molar-refractivity contribution is 5.81. The number of aryl methyl sites for hydroxylation is 4. The standard InChI is InChI=1S/C24H29N6/c1-15-16(2)29-17(3)23(28(7)24(29)25-15)21-13-10-14-22(27(21)6)30-18(4)26(5)19-11-8-9-12-20(19)30/h8-14,18H,1-7H3/q+1/t18-/m0/s1/i1D3. The summed E-state index contributed by atoms with van der Waals surface area (Å²) in [6.45, 7) is 3.81. The molecule has 30 heavy (non-hydrogen) atoms. The Kier molecular flexibility index (Phi) is 3.29. The van der Waals surface area contributed by atoms with Crippen molar-refractivity contribution in [2.24, 2.45) is 14.1 Å². The summed E-state index contributed by atoms with van der Waals surface area (Å²) in [5, 5.41) is 0. The second kappa shape index (κ2) is 6.36. The molecule has 1 atom stereocenters. The minimum Gasteiger partial charge on any atom is -0.333 e. The molecule has 1 aliphatic heterocycles. The fourth-order valence-electron chi connectivity index (χ4n) is 4.83. The maximum atomic E-state index is 7.83. The number of aromatic nitrogens is 4. The van der Waals surface area contributed by atoms with E-state index in [0.717, 1.165) is 22.9 Å². The van der Waals surface area contributed by atoms with Gasteiger partial charge in [-0.2, -0.15) is 0 Å². The average molecular weight is 405 g/mol. The molecule has 4 aromatic rings. The lowest BCUT2D eigenvalue weighted by Crippen LogP contribution is -2.44. The zero-order chi connectivity index (χ0) is 23.8. The summed E-state index contributed by atoms with van der Waals surface area (Å²) in [5.74, 6) is 1.71. The Bertz CT molecular complexity index is 1400. The molecule has 0 saturated heterocycles. The third-order valence-electron chi connectivity index (χ3n) is 6.55. The number of nitrogens with zero attached hydrogens (tertiary/aromatic N) is 6. The largest absolute Gasteiger partial charge is 0.333 e. The van der Waals surface area contributed by atoms with Crippen molar-refractivity contribution < 1.29 is 8.68 Å². The van der Waals surface area contributed by atoms with Crippen LogP contribution in [0.25, 0.3) is 17.2 Å². The van der Waals surface area contributed by atoms with Gasteiger partial charge in [0.1, 0.15) is 5.69 Å². The molecule has 6 heteroatoms. The molecule has 6 nitrogen and oxygen atoms in total. The van der Waals surface area contributed by atoms with Crippen LogP contribution in [0.3, 0.4) is 0 Å². The van der Waals surface area contributed by atoms with E-state index < -0.39 is 6.85 Å². The van der Waals surface area contributed by atoms with Gasteiger partial charge in [0.25, 0.3) is 5.82 Å². The molecule has 0 fully saturated rings. The van der Waals surface area contributed by atoms with Gasteiger partial charge in [-0.1, -0.05) is 12.1 Å². The lowest BCUT2D eigenvalue weighted by atomic mass is 10.2. The number of hydrogen-bond acceptors (Lipinski definition) is 3. The average Bonchev–Trinajstić information content (AvgIpc) is 3.33. The zero-order valence-corrected chi connectivity index (χ0v) is 18.3. The van der Waals surface area contributed by atoms with Crippen molar-refractivity contribution in [1.29, 1.82) is 0 Å². The molecule has 0 amide bonds. The fraction of sp³-hybridized carbons (Fsp3) is 0.333. The first kappa shape index (κ1) is 15.5.